The summed E-state index contributed by atoms with van der Waals surface area (Å²) in [7, 11) is 0. The minimum absolute atomic E-state index is 0.00751. The second-order valence-electron chi connectivity index (χ2n) is 6.21. The normalized spacial score (nSPS) is 18.7. The Morgan fingerprint density at radius 1 is 0.636 bits per heavy atom. The summed E-state index contributed by atoms with van der Waals surface area (Å²) in [5, 5.41) is 9.15. The van der Waals surface area contributed by atoms with Gasteiger partial charge in [-0.1, -0.05) is 13.3 Å². The zero-order valence-electron chi connectivity index (χ0n) is 15.2. The van der Waals surface area contributed by atoms with E-state index >= 15 is 0 Å². The fourth-order valence-electron chi connectivity index (χ4n) is 1.84. The van der Waals surface area contributed by atoms with Crippen molar-refractivity contribution in [3.8, 4) is 0 Å². The van der Waals surface area contributed by atoms with Gasteiger partial charge in [-0.15, -0.1) is 0 Å². The molecule has 0 heterocycles. The first kappa shape index (κ1) is 21.8. The van der Waals surface area contributed by atoms with E-state index in [4.69, 9.17) is 24.1 Å². The Bertz CT molecular complexity index is 247. The Hall–Kier alpha value is -0.200. The van der Waals surface area contributed by atoms with E-state index < -0.39 is 6.10 Å². The molecule has 22 heavy (non-hydrogen) atoms. The van der Waals surface area contributed by atoms with Crippen LogP contribution in [0.2, 0.25) is 0 Å². The van der Waals surface area contributed by atoms with E-state index in [0.29, 0.717) is 26.4 Å². The summed E-state index contributed by atoms with van der Waals surface area (Å²) >= 11 is 0. The fraction of sp³-hybridized carbons (Fsp3) is 1.00. The van der Waals surface area contributed by atoms with Crippen molar-refractivity contribution in [3.05, 3.63) is 0 Å². The van der Waals surface area contributed by atoms with Crippen LogP contribution in [0.25, 0.3) is 0 Å². The van der Waals surface area contributed by atoms with Gasteiger partial charge in [0, 0.05) is 0 Å². The summed E-state index contributed by atoms with van der Waals surface area (Å²) in [5.41, 5.74) is 0. The van der Waals surface area contributed by atoms with E-state index in [2.05, 4.69) is 13.8 Å². The smallest absolute Gasteiger partial charge is 0.0781 e. The molecule has 0 saturated carbocycles. The molecule has 0 aromatic carbocycles. The van der Waals surface area contributed by atoms with Gasteiger partial charge < -0.3 is 24.1 Å². The van der Waals surface area contributed by atoms with Crippen LogP contribution in [0, 0.1) is 0 Å². The minimum Gasteiger partial charge on any atom is -0.391 e. The largest absolute Gasteiger partial charge is 0.391 e. The molecule has 5 heteroatoms. The summed E-state index contributed by atoms with van der Waals surface area (Å²) in [6.45, 7) is 13.9. The number of aliphatic hydroxyl groups is 1. The summed E-state index contributed by atoms with van der Waals surface area (Å²) in [5.74, 6) is 0. The maximum absolute atomic E-state index is 9.15. The van der Waals surface area contributed by atoms with E-state index in [9.17, 15) is 0 Å². The van der Waals surface area contributed by atoms with Gasteiger partial charge in [0.2, 0.25) is 0 Å². The molecule has 5 atom stereocenters. The molecule has 134 valence electrons. The van der Waals surface area contributed by atoms with Crippen molar-refractivity contribution in [1.82, 2.24) is 0 Å². The van der Waals surface area contributed by atoms with E-state index in [1.54, 1.807) is 6.92 Å². The fourth-order valence-corrected chi connectivity index (χ4v) is 1.84. The third kappa shape index (κ3) is 13.5. The highest BCUT2D eigenvalue weighted by molar-refractivity contribution is 4.57. The number of hydrogen-bond donors (Lipinski definition) is 1. The van der Waals surface area contributed by atoms with Gasteiger partial charge in [0.05, 0.1) is 56.9 Å². The Labute approximate surface area is 136 Å². The van der Waals surface area contributed by atoms with Crippen molar-refractivity contribution in [2.45, 2.75) is 84.9 Å². The quantitative estimate of drug-likeness (QED) is 0.533. The summed E-state index contributed by atoms with van der Waals surface area (Å²) in [6, 6.07) is 0. The molecular formula is C17H36O5. The van der Waals surface area contributed by atoms with E-state index in [0.717, 1.165) is 12.8 Å². The second-order valence-corrected chi connectivity index (χ2v) is 6.21. The van der Waals surface area contributed by atoms with Crippen molar-refractivity contribution in [2.24, 2.45) is 0 Å². The van der Waals surface area contributed by atoms with Gasteiger partial charge in [-0.3, -0.25) is 0 Å². The molecule has 0 aliphatic carbocycles. The van der Waals surface area contributed by atoms with E-state index in [1.807, 2.05) is 20.8 Å². The molecule has 0 aromatic heterocycles. The third-order valence-electron chi connectivity index (χ3n) is 3.16. The van der Waals surface area contributed by atoms with Gasteiger partial charge >= 0.3 is 0 Å². The molecule has 0 aliphatic heterocycles. The average molecular weight is 320 g/mol. The van der Waals surface area contributed by atoms with Crippen molar-refractivity contribution in [2.75, 3.05) is 26.4 Å². The molecule has 0 rings (SSSR count). The van der Waals surface area contributed by atoms with Crippen LogP contribution in [0.1, 0.15) is 54.4 Å². The maximum atomic E-state index is 9.15. The molecule has 0 bridgehead atoms. The molecule has 0 fully saturated rings. The molecule has 1 N–H and O–H groups in total. The maximum Gasteiger partial charge on any atom is 0.0781 e. The molecule has 5 nitrogen and oxygen atoms in total. The third-order valence-corrected chi connectivity index (χ3v) is 3.16. The summed E-state index contributed by atoms with van der Waals surface area (Å²) in [6.07, 6.45) is 2.10. The molecular weight excluding hydrogens is 284 g/mol. The molecule has 0 radical (unpaired) electrons. The molecule has 0 aliphatic rings. The number of ether oxygens (including phenoxy) is 4. The lowest BCUT2D eigenvalue weighted by atomic mass is 10.2. The predicted molar refractivity (Wildman–Crippen MR) is 88.2 cm³/mol. The zero-order chi connectivity index (χ0) is 17.0. The van der Waals surface area contributed by atoms with Gasteiger partial charge in [0.1, 0.15) is 0 Å². The first-order valence-corrected chi connectivity index (χ1v) is 8.49. The highest BCUT2D eigenvalue weighted by atomic mass is 16.6. The standard InChI is InChI=1S/C17H36O5/c1-7-8-14(3)20-10-16(5)22-12-17(6)21-11-15(4)19-9-13(2)18/h13-18H,7-12H2,1-6H3. The van der Waals surface area contributed by atoms with Gasteiger partial charge in [0.25, 0.3) is 0 Å². The monoisotopic (exact) mass is 320 g/mol. The Kier molecular flexibility index (Phi) is 13.1. The summed E-state index contributed by atoms with van der Waals surface area (Å²) < 4.78 is 22.6. The van der Waals surface area contributed by atoms with Crippen molar-refractivity contribution in [3.63, 3.8) is 0 Å². The van der Waals surface area contributed by atoms with Crippen LogP contribution in [0.15, 0.2) is 0 Å². The van der Waals surface area contributed by atoms with E-state index in [-0.39, 0.29) is 24.4 Å². The Morgan fingerprint density at radius 3 is 1.36 bits per heavy atom. The van der Waals surface area contributed by atoms with Crippen molar-refractivity contribution >= 4 is 0 Å². The molecule has 5 unspecified atom stereocenters. The lowest BCUT2D eigenvalue weighted by molar-refractivity contribution is -0.0913. The average Bonchev–Trinajstić information content (AvgIpc) is 2.46. The van der Waals surface area contributed by atoms with Crippen LogP contribution in [-0.2, 0) is 18.9 Å². The van der Waals surface area contributed by atoms with Crippen LogP contribution in [0.4, 0.5) is 0 Å². The lowest BCUT2D eigenvalue weighted by Crippen LogP contribution is -2.28. The molecule has 0 spiro atoms. The van der Waals surface area contributed by atoms with Gasteiger partial charge in [-0.25, -0.2) is 0 Å². The van der Waals surface area contributed by atoms with Crippen molar-refractivity contribution in [1.29, 1.82) is 0 Å². The summed E-state index contributed by atoms with van der Waals surface area (Å²) in [4.78, 5) is 0. The number of hydrogen-bond acceptors (Lipinski definition) is 5. The SMILES string of the molecule is CCCC(C)OCC(C)OCC(C)OCC(C)OCC(C)O. The van der Waals surface area contributed by atoms with Gasteiger partial charge in [-0.05, 0) is 41.0 Å². The second kappa shape index (κ2) is 13.3. The molecule has 0 saturated heterocycles. The Morgan fingerprint density at radius 2 is 1.00 bits per heavy atom. The number of rotatable bonds is 14. The van der Waals surface area contributed by atoms with Gasteiger partial charge in [-0.2, -0.15) is 0 Å². The van der Waals surface area contributed by atoms with Crippen LogP contribution in [0.3, 0.4) is 0 Å². The van der Waals surface area contributed by atoms with Crippen molar-refractivity contribution < 1.29 is 24.1 Å². The zero-order valence-corrected chi connectivity index (χ0v) is 15.2. The predicted octanol–water partition coefficient (Wildman–Crippen LogP) is 2.79. The topological polar surface area (TPSA) is 57.2 Å². The first-order valence-electron chi connectivity index (χ1n) is 8.49. The van der Waals surface area contributed by atoms with Gasteiger partial charge in [0.15, 0.2) is 0 Å². The molecule has 0 aromatic rings. The van der Waals surface area contributed by atoms with Crippen LogP contribution >= 0.6 is 0 Å². The lowest BCUT2D eigenvalue weighted by Gasteiger charge is -2.21. The number of aliphatic hydroxyl groups excluding tert-OH is 1. The van der Waals surface area contributed by atoms with Crippen LogP contribution in [0.5, 0.6) is 0 Å². The minimum atomic E-state index is -0.445. The van der Waals surface area contributed by atoms with E-state index in [1.165, 1.54) is 0 Å². The molecule has 0 amide bonds. The van der Waals surface area contributed by atoms with Crippen LogP contribution < -0.4 is 0 Å². The Balaban J connectivity index is 3.64. The highest BCUT2D eigenvalue weighted by Crippen LogP contribution is 2.04. The first-order chi connectivity index (χ1) is 10.3. The van der Waals surface area contributed by atoms with Crippen LogP contribution in [-0.4, -0.2) is 62.1 Å². The highest BCUT2D eigenvalue weighted by Gasteiger charge is 2.11.